The van der Waals surface area contributed by atoms with Gasteiger partial charge in [0.25, 0.3) is 5.91 Å². The predicted molar refractivity (Wildman–Crippen MR) is 55.5 cm³/mol. The van der Waals surface area contributed by atoms with Crippen LogP contribution in [0.5, 0.6) is 0 Å². The Morgan fingerprint density at radius 3 is 2.62 bits per heavy atom. The maximum Gasteiger partial charge on any atom is 0.325 e. The zero-order valence-electron chi connectivity index (χ0n) is 9.21. The van der Waals surface area contributed by atoms with E-state index < -0.39 is 11.6 Å². The van der Waals surface area contributed by atoms with Crippen molar-refractivity contribution in [2.45, 2.75) is 31.2 Å². The van der Waals surface area contributed by atoms with E-state index in [4.69, 9.17) is 0 Å². The van der Waals surface area contributed by atoms with Gasteiger partial charge in [0.2, 0.25) is 5.91 Å². The number of hydrogen-bond donors (Lipinski definition) is 2. The third-order valence-electron chi connectivity index (χ3n) is 3.42. The molecule has 16 heavy (non-hydrogen) atoms. The summed E-state index contributed by atoms with van der Waals surface area (Å²) in [6.07, 6.45) is 3.15. The van der Waals surface area contributed by atoms with Gasteiger partial charge in [0.15, 0.2) is 0 Å². The smallest absolute Gasteiger partial charge is 0.325 e. The molecule has 0 aromatic carbocycles. The van der Waals surface area contributed by atoms with Gasteiger partial charge in [-0.15, -0.1) is 0 Å². The van der Waals surface area contributed by atoms with Gasteiger partial charge in [-0.1, -0.05) is 12.8 Å². The minimum atomic E-state index is -0.760. The molecule has 6 heteroatoms. The highest BCUT2D eigenvalue weighted by atomic mass is 16.2. The molecule has 0 unspecified atom stereocenters. The lowest BCUT2D eigenvalue weighted by Crippen LogP contribution is -2.50. The third kappa shape index (κ3) is 1.45. The molecule has 2 fully saturated rings. The van der Waals surface area contributed by atoms with Gasteiger partial charge < -0.3 is 10.2 Å². The number of nitrogens with zero attached hydrogens (tertiary/aromatic N) is 1. The summed E-state index contributed by atoms with van der Waals surface area (Å²) < 4.78 is 0. The largest absolute Gasteiger partial charge is 0.358 e. The van der Waals surface area contributed by atoms with E-state index in [2.05, 4.69) is 10.6 Å². The minimum absolute atomic E-state index is 0.0475. The van der Waals surface area contributed by atoms with Gasteiger partial charge in [-0.05, 0) is 12.8 Å². The van der Waals surface area contributed by atoms with Gasteiger partial charge >= 0.3 is 6.03 Å². The van der Waals surface area contributed by atoms with Crippen molar-refractivity contribution in [3.05, 3.63) is 0 Å². The first-order chi connectivity index (χ1) is 7.60. The van der Waals surface area contributed by atoms with E-state index in [0.29, 0.717) is 12.8 Å². The van der Waals surface area contributed by atoms with Crippen LogP contribution in [0.2, 0.25) is 0 Å². The van der Waals surface area contributed by atoms with Crippen LogP contribution >= 0.6 is 0 Å². The van der Waals surface area contributed by atoms with Crippen LogP contribution in [0, 0.1) is 0 Å². The van der Waals surface area contributed by atoms with Crippen LogP contribution in [-0.2, 0) is 9.59 Å². The second-order valence-corrected chi connectivity index (χ2v) is 4.26. The predicted octanol–water partition coefficient (Wildman–Crippen LogP) is -0.403. The van der Waals surface area contributed by atoms with Crippen LogP contribution in [0.15, 0.2) is 0 Å². The molecule has 2 rings (SSSR count). The summed E-state index contributed by atoms with van der Waals surface area (Å²) in [6.45, 7) is -0.0475. The maximum absolute atomic E-state index is 11.8. The zero-order chi connectivity index (χ0) is 11.8. The molecule has 1 saturated heterocycles. The van der Waals surface area contributed by atoms with Crippen molar-refractivity contribution >= 4 is 17.8 Å². The summed E-state index contributed by atoms with van der Waals surface area (Å²) in [5.41, 5.74) is -0.760. The molecule has 1 saturated carbocycles. The number of urea groups is 1. The van der Waals surface area contributed by atoms with Crippen LogP contribution in [0.3, 0.4) is 0 Å². The van der Waals surface area contributed by atoms with E-state index in [-0.39, 0.29) is 18.4 Å². The van der Waals surface area contributed by atoms with Crippen molar-refractivity contribution in [3.63, 3.8) is 0 Å². The fourth-order valence-electron chi connectivity index (χ4n) is 2.50. The molecule has 88 valence electrons. The molecular weight excluding hydrogens is 210 g/mol. The van der Waals surface area contributed by atoms with Crippen molar-refractivity contribution in [2.24, 2.45) is 0 Å². The molecule has 6 nitrogen and oxygen atoms in total. The monoisotopic (exact) mass is 225 g/mol. The van der Waals surface area contributed by atoms with Crippen LogP contribution in [-0.4, -0.2) is 41.9 Å². The number of nitrogens with one attached hydrogen (secondary N) is 2. The summed E-state index contributed by atoms with van der Waals surface area (Å²) in [5, 5.41) is 4.76. The van der Waals surface area contributed by atoms with Crippen molar-refractivity contribution in [3.8, 4) is 0 Å². The highest BCUT2D eigenvalue weighted by Gasteiger charge is 2.54. The Labute approximate surface area is 93.4 Å². The molecule has 1 heterocycles. The Morgan fingerprint density at radius 2 is 2.06 bits per heavy atom. The molecule has 0 atom stereocenters. The first kappa shape index (κ1) is 10.9. The van der Waals surface area contributed by atoms with Crippen LogP contribution < -0.4 is 10.6 Å². The number of carbonyl (C=O) groups excluding carboxylic acids is 3. The molecule has 2 N–H and O–H groups in total. The van der Waals surface area contributed by atoms with E-state index in [1.807, 2.05) is 0 Å². The lowest BCUT2D eigenvalue weighted by Gasteiger charge is -2.30. The number of likely N-dealkylation sites (N-methyl/N-ethyl adjacent to an activating group) is 1. The Hall–Kier alpha value is -1.59. The summed E-state index contributed by atoms with van der Waals surface area (Å²) in [6, 6.07) is -0.449. The number of carbonyl (C=O) groups is 3. The van der Waals surface area contributed by atoms with Gasteiger partial charge in [0.1, 0.15) is 12.1 Å². The molecule has 1 aliphatic carbocycles. The Balaban J connectivity index is 2.22. The normalized spacial score (nSPS) is 22.7. The minimum Gasteiger partial charge on any atom is -0.358 e. The first-order valence-electron chi connectivity index (χ1n) is 5.44. The van der Waals surface area contributed by atoms with E-state index >= 15 is 0 Å². The summed E-state index contributed by atoms with van der Waals surface area (Å²) in [7, 11) is 1.51. The SMILES string of the molecule is CNC(=O)CN1C(=O)NC(=O)C12CCCC2. The van der Waals surface area contributed by atoms with Crippen molar-refractivity contribution in [2.75, 3.05) is 13.6 Å². The maximum atomic E-state index is 11.8. The van der Waals surface area contributed by atoms with Crippen LogP contribution in [0.1, 0.15) is 25.7 Å². The van der Waals surface area contributed by atoms with E-state index in [9.17, 15) is 14.4 Å². The highest BCUT2D eigenvalue weighted by molar-refractivity contribution is 6.08. The quantitative estimate of drug-likeness (QED) is 0.627. The molecule has 0 radical (unpaired) electrons. The van der Waals surface area contributed by atoms with Crippen LogP contribution in [0.4, 0.5) is 4.79 Å². The van der Waals surface area contributed by atoms with Gasteiger partial charge in [0.05, 0.1) is 0 Å². The number of imide groups is 1. The van der Waals surface area contributed by atoms with Crippen molar-refractivity contribution < 1.29 is 14.4 Å². The second kappa shape index (κ2) is 3.77. The van der Waals surface area contributed by atoms with E-state index in [0.717, 1.165) is 12.8 Å². The summed E-state index contributed by atoms with van der Waals surface area (Å²) in [5.74, 6) is -0.505. The number of hydrogen-bond acceptors (Lipinski definition) is 3. The molecule has 4 amide bonds. The summed E-state index contributed by atoms with van der Waals surface area (Å²) in [4.78, 5) is 36.1. The average Bonchev–Trinajstić information content (AvgIpc) is 2.82. The number of amides is 4. The number of rotatable bonds is 2. The average molecular weight is 225 g/mol. The molecule has 2 aliphatic rings. The Bertz CT molecular complexity index is 347. The molecule has 1 aliphatic heterocycles. The van der Waals surface area contributed by atoms with Gasteiger partial charge in [-0.3, -0.25) is 14.9 Å². The van der Waals surface area contributed by atoms with Crippen molar-refractivity contribution in [1.82, 2.24) is 15.5 Å². The van der Waals surface area contributed by atoms with Gasteiger partial charge in [-0.25, -0.2) is 4.79 Å². The van der Waals surface area contributed by atoms with Gasteiger partial charge in [-0.2, -0.15) is 0 Å². The summed E-state index contributed by atoms with van der Waals surface area (Å²) >= 11 is 0. The fraction of sp³-hybridized carbons (Fsp3) is 0.700. The Kier molecular flexibility index (Phi) is 2.57. The second-order valence-electron chi connectivity index (χ2n) is 4.26. The standard InChI is InChI=1S/C10H15N3O3/c1-11-7(14)6-13-9(16)12-8(15)10(13)4-2-3-5-10/h2-6H2,1H3,(H,11,14)(H,12,15,16). The molecule has 0 bridgehead atoms. The zero-order valence-corrected chi connectivity index (χ0v) is 9.21. The van der Waals surface area contributed by atoms with Gasteiger partial charge in [0, 0.05) is 7.05 Å². The Morgan fingerprint density at radius 1 is 1.44 bits per heavy atom. The molecular formula is C10H15N3O3. The van der Waals surface area contributed by atoms with E-state index in [1.165, 1.54) is 11.9 Å². The van der Waals surface area contributed by atoms with Crippen LogP contribution in [0.25, 0.3) is 0 Å². The highest BCUT2D eigenvalue weighted by Crippen LogP contribution is 2.38. The molecule has 1 spiro atoms. The lowest BCUT2D eigenvalue weighted by atomic mass is 9.96. The third-order valence-corrected chi connectivity index (χ3v) is 3.42. The molecule has 0 aromatic rings. The fourth-order valence-corrected chi connectivity index (χ4v) is 2.50. The first-order valence-corrected chi connectivity index (χ1v) is 5.44. The molecule has 0 aromatic heterocycles. The topological polar surface area (TPSA) is 78.5 Å². The lowest BCUT2D eigenvalue weighted by molar-refractivity contribution is -0.128. The van der Waals surface area contributed by atoms with Crippen molar-refractivity contribution in [1.29, 1.82) is 0 Å². The van der Waals surface area contributed by atoms with E-state index in [1.54, 1.807) is 0 Å².